The van der Waals surface area contributed by atoms with E-state index in [4.69, 9.17) is 4.74 Å². The fourth-order valence-electron chi connectivity index (χ4n) is 2.52. The minimum Gasteiger partial charge on any atom is -0.378 e. The fraction of sp³-hybridized carbons (Fsp3) is 0.333. The van der Waals surface area contributed by atoms with Crippen LogP contribution < -0.4 is 0 Å². The summed E-state index contributed by atoms with van der Waals surface area (Å²) in [5.74, 6) is 0.966. The Kier molecular flexibility index (Phi) is 7.56. The van der Waals surface area contributed by atoms with Gasteiger partial charge in [0.05, 0.1) is 18.8 Å². The first kappa shape index (κ1) is 18.8. The van der Waals surface area contributed by atoms with E-state index in [0.717, 1.165) is 17.2 Å². The van der Waals surface area contributed by atoms with Gasteiger partial charge in [0, 0.05) is 25.0 Å². The highest BCUT2D eigenvalue weighted by Gasteiger charge is 2.21. The molecule has 1 aliphatic rings. The second kappa shape index (κ2) is 9.67. The highest BCUT2D eigenvalue weighted by Crippen LogP contribution is 2.22. The molecule has 0 atom stereocenters. The third kappa shape index (κ3) is 4.97. The molecular weight excluding hydrogens is 344 g/mol. The normalized spacial score (nSPS) is 14.1. The minimum atomic E-state index is 0. The molecule has 0 N–H and O–H groups in total. The smallest absolute Gasteiger partial charge is 0.256 e. The Balaban J connectivity index is 0.00000208. The Morgan fingerprint density at radius 1 is 1.12 bits per heavy atom. The van der Waals surface area contributed by atoms with Gasteiger partial charge in [0.2, 0.25) is 0 Å². The van der Waals surface area contributed by atoms with E-state index in [1.807, 2.05) is 35.2 Å². The van der Waals surface area contributed by atoms with Crippen LogP contribution in [0.15, 0.2) is 53.7 Å². The maximum atomic E-state index is 12.7. The van der Waals surface area contributed by atoms with Crippen LogP contribution in [0.25, 0.3) is 0 Å². The summed E-state index contributed by atoms with van der Waals surface area (Å²) in [6.45, 7) is 2.54. The predicted molar refractivity (Wildman–Crippen MR) is 99.1 cm³/mol. The van der Waals surface area contributed by atoms with Crippen molar-refractivity contribution in [1.82, 2.24) is 9.88 Å². The van der Waals surface area contributed by atoms with Crippen LogP contribution in [-0.2, 0) is 11.2 Å². The number of aryl methyl sites for hydroxylation is 1. The molecule has 3 rings (SSSR count). The van der Waals surface area contributed by atoms with Crippen molar-refractivity contribution in [3.05, 3.63) is 59.8 Å². The lowest BCUT2D eigenvalue weighted by atomic mass is 10.2. The molecule has 1 aromatic carbocycles. The van der Waals surface area contributed by atoms with Crippen molar-refractivity contribution in [2.45, 2.75) is 11.4 Å². The highest BCUT2D eigenvalue weighted by atomic mass is 35.5. The Morgan fingerprint density at radius 2 is 1.88 bits per heavy atom. The zero-order valence-electron chi connectivity index (χ0n) is 13.4. The molecule has 24 heavy (non-hydrogen) atoms. The zero-order valence-corrected chi connectivity index (χ0v) is 15.0. The van der Waals surface area contributed by atoms with Crippen LogP contribution in [0, 0.1) is 0 Å². The molecule has 0 unspecified atom stereocenters. The molecule has 6 heteroatoms. The number of amides is 1. The number of carbonyl (C=O) groups excluding carboxylic acids is 1. The van der Waals surface area contributed by atoms with Crippen molar-refractivity contribution in [3.63, 3.8) is 0 Å². The molecule has 1 aromatic heterocycles. The van der Waals surface area contributed by atoms with E-state index in [-0.39, 0.29) is 18.3 Å². The van der Waals surface area contributed by atoms with E-state index in [2.05, 4.69) is 17.1 Å². The number of ether oxygens (including phenoxy) is 1. The molecule has 0 radical (unpaired) electrons. The van der Waals surface area contributed by atoms with Gasteiger partial charge in [-0.1, -0.05) is 30.3 Å². The number of halogens is 1. The van der Waals surface area contributed by atoms with Gasteiger partial charge in [0.15, 0.2) is 0 Å². The second-order valence-electron chi connectivity index (χ2n) is 5.34. The van der Waals surface area contributed by atoms with E-state index in [0.29, 0.717) is 31.9 Å². The Hall–Kier alpha value is -1.56. The molecular formula is C18H21ClN2O2S. The van der Waals surface area contributed by atoms with Gasteiger partial charge < -0.3 is 9.64 Å². The summed E-state index contributed by atoms with van der Waals surface area (Å²) in [7, 11) is 0. The molecule has 1 fully saturated rings. The summed E-state index contributed by atoms with van der Waals surface area (Å²) < 4.78 is 5.32. The van der Waals surface area contributed by atoms with E-state index >= 15 is 0 Å². The van der Waals surface area contributed by atoms with Gasteiger partial charge >= 0.3 is 0 Å². The minimum absolute atomic E-state index is 0. The summed E-state index contributed by atoms with van der Waals surface area (Å²) in [6.07, 6.45) is 2.72. The lowest BCUT2D eigenvalue weighted by Crippen LogP contribution is -2.40. The van der Waals surface area contributed by atoms with Gasteiger partial charge in [0.25, 0.3) is 5.91 Å². The summed E-state index contributed by atoms with van der Waals surface area (Å²) in [5.41, 5.74) is 2.00. The molecule has 0 bridgehead atoms. The van der Waals surface area contributed by atoms with Crippen LogP contribution in [0.3, 0.4) is 0 Å². The highest BCUT2D eigenvalue weighted by molar-refractivity contribution is 7.99. The number of morpholine rings is 1. The number of pyridine rings is 1. The summed E-state index contributed by atoms with van der Waals surface area (Å²) in [5, 5.41) is 0.819. The number of benzene rings is 1. The van der Waals surface area contributed by atoms with Crippen molar-refractivity contribution < 1.29 is 9.53 Å². The molecule has 0 spiro atoms. The van der Waals surface area contributed by atoms with Crippen LogP contribution in [0.2, 0.25) is 0 Å². The summed E-state index contributed by atoms with van der Waals surface area (Å²) >= 11 is 1.64. The number of thioether (sulfide) groups is 1. The van der Waals surface area contributed by atoms with Crippen LogP contribution in [0.4, 0.5) is 0 Å². The van der Waals surface area contributed by atoms with Crippen LogP contribution in [0.5, 0.6) is 0 Å². The summed E-state index contributed by atoms with van der Waals surface area (Å²) in [4.78, 5) is 18.9. The lowest BCUT2D eigenvalue weighted by Gasteiger charge is -2.27. The molecule has 1 amide bonds. The van der Waals surface area contributed by atoms with Crippen molar-refractivity contribution in [3.8, 4) is 0 Å². The Labute approximate surface area is 153 Å². The Morgan fingerprint density at radius 3 is 2.62 bits per heavy atom. The molecule has 2 heterocycles. The van der Waals surface area contributed by atoms with Crippen LogP contribution in [0.1, 0.15) is 15.9 Å². The van der Waals surface area contributed by atoms with Crippen molar-refractivity contribution in [1.29, 1.82) is 0 Å². The van der Waals surface area contributed by atoms with Gasteiger partial charge in [0.1, 0.15) is 5.03 Å². The van der Waals surface area contributed by atoms with Gasteiger partial charge in [-0.15, -0.1) is 24.2 Å². The van der Waals surface area contributed by atoms with Crippen molar-refractivity contribution >= 4 is 30.1 Å². The average molecular weight is 365 g/mol. The van der Waals surface area contributed by atoms with Gasteiger partial charge in [-0.25, -0.2) is 4.98 Å². The van der Waals surface area contributed by atoms with E-state index < -0.39 is 0 Å². The number of rotatable bonds is 5. The predicted octanol–water partition coefficient (Wildman–Crippen LogP) is 3.31. The summed E-state index contributed by atoms with van der Waals surface area (Å²) in [6, 6.07) is 14.1. The van der Waals surface area contributed by atoms with E-state index in [1.165, 1.54) is 5.56 Å². The van der Waals surface area contributed by atoms with Gasteiger partial charge in [-0.3, -0.25) is 4.79 Å². The monoisotopic (exact) mass is 364 g/mol. The number of nitrogens with zero attached hydrogens (tertiary/aromatic N) is 2. The average Bonchev–Trinajstić information content (AvgIpc) is 2.63. The number of carbonyl (C=O) groups is 1. The number of hydrogen-bond donors (Lipinski definition) is 0. The topological polar surface area (TPSA) is 42.4 Å². The number of aromatic nitrogens is 1. The molecule has 0 saturated carbocycles. The lowest BCUT2D eigenvalue weighted by molar-refractivity contribution is 0.0300. The molecule has 1 saturated heterocycles. The second-order valence-corrected chi connectivity index (χ2v) is 6.43. The van der Waals surface area contributed by atoms with E-state index in [9.17, 15) is 4.79 Å². The fourth-order valence-corrected chi connectivity index (χ4v) is 3.49. The van der Waals surface area contributed by atoms with Crippen molar-refractivity contribution in [2.24, 2.45) is 0 Å². The van der Waals surface area contributed by atoms with Crippen molar-refractivity contribution in [2.75, 3.05) is 32.1 Å². The standard InChI is InChI=1S/C18H20N2O2S.ClH/c21-18(20-10-12-22-13-11-20)16-7-4-9-19-17(16)23-14-8-15-5-2-1-3-6-15;/h1-7,9H,8,10-14H2;1H. The van der Waals surface area contributed by atoms with Crippen LogP contribution in [-0.4, -0.2) is 47.8 Å². The van der Waals surface area contributed by atoms with Crippen LogP contribution >= 0.6 is 24.2 Å². The molecule has 2 aromatic rings. The van der Waals surface area contributed by atoms with Gasteiger partial charge in [-0.05, 0) is 24.1 Å². The maximum absolute atomic E-state index is 12.7. The molecule has 4 nitrogen and oxygen atoms in total. The molecule has 0 aliphatic carbocycles. The van der Waals surface area contributed by atoms with E-state index in [1.54, 1.807) is 18.0 Å². The number of hydrogen-bond acceptors (Lipinski definition) is 4. The SMILES string of the molecule is Cl.O=C(c1cccnc1SCCc1ccccc1)N1CCOCC1. The van der Waals surface area contributed by atoms with Gasteiger partial charge in [-0.2, -0.15) is 0 Å². The molecule has 1 aliphatic heterocycles. The third-order valence-electron chi connectivity index (χ3n) is 3.77. The first-order valence-electron chi connectivity index (χ1n) is 7.83. The first-order valence-corrected chi connectivity index (χ1v) is 8.82. The zero-order chi connectivity index (χ0) is 15.9. The largest absolute Gasteiger partial charge is 0.378 e. The quantitative estimate of drug-likeness (QED) is 0.763. The third-order valence-corrected chi connectivity index (χ3v) is 4.78. The maximum Gasteiger partial charge on any atom is 0.256 e. The first-order chi connectivity index (χ1) is 11.3. The Bertz CT molecular complexity index is 648. The molecule has 128 valence electrons.